The van der Waals surface area contributed by atoms with Gasteiger partial charge >= 0.3 is 0 Å². The summed E-state index contributed by atoms with van der Waals surface area (Å²) < 4.78 is 26.9. The largest absolute Gasteiger partial charge is 0.387 e. The van der Waals surface area contributed by atoms with Crippen LogP contribution in [0.25, 0.3) is 0 Å². The van der Waals surface area contributed by atoms with Crippen LogP contribution in [0.4, 0.5) is 8.78 Å². The molecular weight excluding hydrogens is 288 g/mol. The van der Waals surface area contributed by atoms with Gasteiger partial charge in [-0.3, -0.25) is 5.10 Å². The first-order valence-electron chi connectivity index (χ1n) is 7.47. The Labute approximate surface area is 127 Å². The van der Waals surface area contributed by atoms with Gasteiger partial charge in [0, 0.05) is 18.3 Å². The summed E-state index contributed by atoms with van der Waals surface area (Å²) in [6.45, 7) is 1.96. The molecule has 1 aromatic carbocycles. The average Bonchev–Trinajstić information content (AvgIpc) is 3.05. The molecule has 22 heavy (non-hydrogen) atoms. The zero-order chi connectivity index (χ0) is 15.5. The predicted molar refractivity (Wildman–Crippen MR) is 78.3 cm³/mol. The topological polar surface area (TPSA) is 52.1 Å². The van der Waals surface area contributed by atoms with Gasteiger partial charge in [-0.15, -0.1) is 0 Å². The summed E-state index contributed by atoms with van der Waals surface area (Å²) in [5.41, 5.74) is 1.23. The first kappa shape index (κ1) is 15.1. The number of hydrogen-bond donors (Lipinski definition) is 2. The normalized spacial score (nSPS) is 18.5. The minimum Gasteiger partial charge on any atom is -0.387 e. The summed E-state index contributed by atoms with van der Waals surface area (Å²) in [5.74, 6) is -0.630. The van der Waals surface area contributed by atoms with Gasteiger partial charge in [0.15, 0.2) is 0 Å². The van der Waals surface area contributed by atoms with Crippen LogP contribution in [-0.4, -0.2) is 39.8 Å². The van der Waals surface area contributed by atoms with E-state index in [-0.39, 0.29) is 5.56 Å². The molecule has 0 saturated carbocycles. The first-order valence-corrected chi connectivity index (χ1v) is 7.47. The number of likely N-dealkylation sites (tertiary alicyclic amines) is 1. The number of nitrogens with one attached hydrogen (secondary N) is 1. The first-order chi connectivity index (χ1) is 10.6. The second kappa shape index (κ2) is 6.54. The molecule has 0 aliphatic carbocycles. The Morgan fingerprint density at radius 2 is 2.09 bits per heavy atom. The smallest absolute Gasteiger partial charge is 0.129 e. The Bertz CT molecular complexity index is 610. The van der Waals surface area contributed by atoms with Gasteiger partial charge in [-0.2, -0.15) is 5.10 Å². The summed E-state index contributed by atoms with van der Waals surface area (Å²) in [4.78, 5) is 2.09. The summed E-state index contributed by atoms with van der Waals surface area (Å²) in [6.07, 6.45) is 4.69. The summed E-state index contributed by atoms with van der Waals surface area (Å²) in [5, 5.41) is 17.0. The highest BCUT2D eigenvalue weighted by Gasteiger charge is 2.24. The lowest BCUT2D eigenvalue weighted by atomic mass is 9.91. The lowest BCUT2D eigenvalue weighted by molar-refractivity contribution is 0.0945. The number of piperidine rings is 1. The number of hydrogen-bond acceptors (Lipinski definition) is 3. The number of aliphatic hydroxyl groups excluding tert-OH is 1. The van der Waals surface area contributed by atoms with E-state index >= 15 is 0 Å². The fourth-order valence-electron chi connectivity index (χ4n) is 3.05. The zero-order valence-corrected chi connectivity index (χ0v) is 12.2. The third-order valence-electron chi connectivity index (χ3n) is 4.33. The van der Waals surface area contributed by atoms with Crippen molar-refractivity contribution < 1.29 is 13.9 Å². The Morgan fingerprint density at radius 1 is 1.32 bits per heavy atom. The molecule has 3 rings (SSSR count). The SMILES string of the molecule is OC(CN1CCC(c2cn[nH]c2)CC1)c1cc(F)ccc1F. The lowest BCUT2D eigenvalue weighted by Gasteiger charge is -2.32. The molecule has 0 spiro atoms. The highest BCUT2D eigenvalue weighted by Crippen LogP contribution is 2.28. The van der Waals surface area contributed by atoms with E-state index in [2.05, 4.69) is 15.1 Å². The number of aliphatic hydroxyl groups is 1. The predicted octanol–water partition coefficient (Wildman–Crippen LogP) is 2.60. The third-order valence-corrected chi connectivity index (χ3v) is 4.33. The van der Waals surface area contributed by atoms with Crippen LogP contribution >= 0.6 is 0 Å². The van der Waals surface area contributed by atoms with Crippen molar-refractivity contribution >= 4 is 0 Å². The van der Waals surface area contributed by atoms with E-state index in [1.165, 1.54) is 5.56 Å². The van der Waals surface area contributed by atoms with Crippen LogP contribution in [0.1, 0.15) is 36.0 Å². The Balaban J connectivity index is 1.57. The molecule has 118 valence electrons. The number of aromatic amines is 1. The van der Waals surface area contributed by atoms with Crippen LogP contribution < -0.4 is 0 Å². The van der Waals surface area contributed by atoms with Crippen molar-refractivity contribution in [2.75, 3.05) is 19.6 Å². The Hall–Kier alpha value is -1.79. The van der Waals surface area contributed by atoms with Crippen LogP contribution in [0, 0.1) is 11.6 Å². The van der Waals surface area contributed by atoms with Crippen LogP contribution in [-0.2, 0) is 0 Å². The molecule has 1 atom stereocenters. The van der Waals surface area contributed by atoms with Crippen molar-refractivity contribution in [3.05, 3.63) is 53.4 Å². The number of nitrogens with zero attached hydrogens (tertiary/aromatic N) is 2. The van der Waals surface area contributed by atoms with Gasteiger partial charge in [0.2, 0.25) is 0 Å². The standard InChI is InChI=1S/C16H19F2N3O/c17-13-1-2-15(18)14(7-13)16(22)10-21-5-3-11(4-6-21)12-8-19-20-9-12/h1-2,7-9,11,16,22H,3-6,10H2,(H,19,20). The van der Waals surface area contributed by atoms with Gasteiger partial charge < -0.3 is 10.0 Å². The number of halogens is 2. The maximum absolute atomic E-state index is 13.7. The maximum atomic E-state index is 13.7. The Kier molecular flexibility index (Phi) is 4.49. The van der Waals surface area contributed by atoms with Crippen molar-refractivity contribution in [1.82, 2.24) is 15.1 Å². The van der Waals surface area contributed by atoms with Crippen molar-refractivity contribution in [1.29, 1.82) is 0 Å². The van der Waals surface area contributed by atoms with E-state index in [1.807, 2.05) is 12.4 Å². The van der Waals surface area contributed by atoms with Crippen LogP contribution in [0.2, 0.25) is 0 Å². The van der Waals surface area contributed by atoms with E-state index in [4.69, 9.17) is 0 Å². The van der Waals surface area contributed by atoms with Gasteiger partial charge in [-0.1, -0.05) is 0 Å². The van der Waals surface area contributed by atoms with Crippen molar-refractivity contribution in [3.8, 4) is 0 Å². The fraction of sp³-hybridized carbons (Fsp3) is 0.438. The molecule has 2 heterocycles. The highest BCUT2D eigenvalue weighted by atomic mass is 19.1. The number of benzene rings is 1. The third kappa shape index (κ3) is 3.34. The number of H-pyrrole nitrogens is 1. The molecule has 0 amide bonds. The summed E-state index contributed by atoms with van der Waals surface area (Å²) >= 11 is 0. The molecule has 1 fully saturated rings. The maximum Gasteiger partial charge on any atom is 0.129 e. The Morgan fingerprint density at radius 3 is 2.77 bits per heavy atom. The zero-order valence-electron chi connectivity index (χ0n) is 12.2. The molecule has 2 N–H and O–H groups in total. The quantitative estimate of drug-likeness (QED) is 0.913. The van der Waals surface area contributed by atoms with Crippen LogP contribution in [0.5, 0.6) is 0 Å². The molecule has 1 saturated heterocycles. The molecule has 2 aromatic rings. The molecule has 1 aliphatic rings. The molecule has 0 bridgehead atoms. The minimum atomic E-state index is -1.01. The van der Waals surface area contributed by atoms with Gasteiger partial charge in [0.25, 0.3) is 0 Å². The van der Waals surface area contributed by atoms with E-state index in [1.54, 1.807) is 0 Å². The number of β-amino-alcohol motifs (C(OH)–C–C–N with tert-alkyl or cyclic N) is 1. The summed E-state index contributed by atoms with van der Waals surface area (Å²) in [6, 6.07) is 3.18. The summed E-state index contributed by atoms with van der Waals surface area (Å²) in [7, 11) is 0. The van der Waals surface area contributed by atoms with E-state index in [0.717, 1.165) is 44.1 Å². The molecule has 4 nitrogen and oxygen atoms in total. The average molecular weight is 307 g/mol. The molecule has 1 unspecified atom stereocenters. The molecule has 0 radical (unpaired) electrons. The van der Waals surface area contributed by atoms with Crippen molar-refractivity contribution in [2.24, 2.45) is 0 Å². The highest BCUT2D eigenvalue weighted by molar-refractivity contribution is 5.21. The molecular formula is C16H19F2N3O. The van der Waals surface area contributed by atoms with Gasteiger partial charge in [-0.25, -0.2) is 8.78 Å². The van der Waals surface area contributed by atoms with E-state index < -0.39 is 17.7 Å². The number of rotatable bonds is 4. The number of aromatic nitrogens is 2. The monoisotopic (exact) mass is 307 g/mol. The lowest BCUT2D eigenvalue weighted by Crippen LogP contribution is -2.36. The molecule has 6 heteroatoms. The molecule has 1 aliphatic heterocycles. The van der Waals surface area contributed by atoms with Crippen molar-refractivity contribution in [2.45, 2.75) is 24.9 Å². The van der Waals surface area contributed by atoms with E-state index in [0.29, 0.717) is 12.5 Å². The van der Waals surface area contributed by atoms with Crippen LogP contribution in [0.15, 0.2) is 30.6 Å². The van der Waals surface area contributed by atoms with Gasteiger partial charge in [0.05, 0.1) is 12.3 Å². The second-order valence-electron chi connectivity index (χ2n) is 5.79. The van der Waals surface area contributed by atoms with Gasteiger partial charge in [0.1, 0.15) is 11.6 Å². The minimum absolute atomic E-state index is 0.0250. The van der Waals surface area contributed by atoms with Gasteiger partial charge in [-0.05, 0) is 55.6 Å². The second-order valence-corrected chi connectivity index (χ2v) is 5.79. The van der Waals surface area contributed by atoms with Crippen molar-refractivity contribution in [3.63, 3.8) is 0 Å². The molecule has 1 aromatic heterocycles. The van der Waals surface area contributed by atoms with E-state index in [9.17, 15) is 13.9 Å². The fourth-order valence-corrected chi connectivity index (χ4v) is 3.05. The van der Waals surface area contributed by atoms with Crippen LogP contribution in [0.3, 0.4) is 0 Å².